The molecule has 0 aliphatic carbocycles. The van der Waals surface area contributed by atoms with Gasteiger partial charge in [-0.1, -0.05) is 0 Å². The Hall–Kier alpha value is 13.6. The normalized spacial score (nSPS) is 0. The Balaban J connectivity index is 0. The number of hydrogen-bond acceptors (Lipinski definition) is 0. The summed E-state index contributed by atoms with van der Waals surface area (Å²) in [6.45, 7) is 0. The van der Waals surface area contributed by atoms with Crippen LogP contribution in [-0.2, 0) is 311 Å². The van der Waals surface area contributed by atoms with Crippen molar-refractivity contribution in [2.24, 2.45) is 0 Å². The molecule has 0 unspecified atom stereocenters. The quantitative estimate of drug-likeness (QED) is 0.212. The molecule has 0 bridgehead atoms. The van der Waals surface area contributed by atoms with E-state index >= 15 is 0 Å². The van der Waals surface area contributed by atoms with Gasteiger partial charge in [-0.05, 0) is 0 Å². The molecule has 0 saturated carbocycles. The van der Waals surface area contributed by atoms with Crippen molar-refractivity contribution >= 4 is 99.5 Å². The first-order valence-corrected chi connectivity index (χ1v) is 0. The molecule has 0 aliphatic heterocycles. The maximum absolute atomic E-state index is 0. The smallest absolute Gasteiger partial charge is 0 e. The van der Waals surface area contributed by atoms with E-state index in [9.17, 15) is 0 Å². The molecule has 0 saturated heterocycles. The third-order valence-electron chi connectivity index (χ3n) is 0. The molecule has 0 amide bonds. The van der Waals surface area contributed by atoms with Gasteiger partial charge in [0.1, 0.15) is 0 Å². The monoisotopic (exact) mass is 2070 g/mol. The molecule has 163 valence electrons. The van der Waals surface area contributed by atoms with Gasteiger partial charge in [-0.25, -0.2) is 0 Å². The molecular formula is H14AgAlAuBeCoCrCuFeIrLiMoNiOsPdPtRhSbSnTeTiVZn+. The Morgan fingerprint density at radius 2 is 1.05 bits per heavy atom. The van der Waals surface area contributed by atoms with Gasteiger partial charge in [-0.3, -0.25) is 0 Å². The molecule has 0 rings (SSSR count). The Kier molecular flexibility index (Phi) is 2200. The average molecular weight is 2070 g/mol. The molecule has 0 aromatic rings. The minimum absolute atomic E-state index is 0. The van der Waals surface area contributed by atoms with Crippen molar-refractivity contribution in [3.8, 4) is 0 Å². The first-order chi connectivity index (χ1) is 0. The summed E-state index contributed by atoms with van der Waals surface area (Å²) >= 11 is 0. The predicted octanol–water partition coefficient (Wildman–Crippen LogP) is -7.55. The predicted molar refractivity (Wildman–Crippen MR) is 47.5 cm³/mol. The standard InChI is InChI=1S/Ag.Al.Au.Be.Co.Cr.Cu.Fe.Ir.Li.Mo.Ni.Os.Pd.Pt.Rh.Sb.Sn.HTe.Ti.V.Zn.13H/h;;;;;;;;;;;;;;;;;;1H;;;;;;;;;;;;;;;;/q;;;+2;;;;;;+1;;;;;;;;;+1;;;;;;;;;;;;;;3*-1. The zero-order valence-corrected chi connectivity index (χ0v) is 42.8. The van der Waals surface area contributed by atoms with E-state index in [1.165, 1.54) is 0 Å². The van der Waals surface area contributed by atoms with Crippen molar-refractivity contribution in [3.05, 3.63) is 0 Å². The van der Waals surface area contributed by atoms with Crippen LogP contribution < -0.4 is 18.9 Å². The fourth-order valence-electron chi connectivity index (χ4n) is 0. The van der Waals surface area contributed by atoms with Gasteiger partial charge in [0.05, 0.1) is 0 Å². The summed E-state index contributed by atoms with van der Waals surface area (Å²) in [5, 5.41) is 0. The second-order valence-electron chi connectivity index (χ2n) is 0. The van der Waals surface area contributed by atoms with Gasteiger partial charge in [0.2, 0.25) is 0 Å². The molecule has 0 aliphatic rings. The van der Waals surface area contributed by atoms with E-state index < -0.39 is 0 Å². The maximum Gasteiger partial charge on any atom is 0 e. The van der Waals surface area contributed by atoms with Gasteiger partial charge in [0.25, 0.3) is 0 Å². The fourth-order valence-corrected chi connectivity index (χ4v) is 0. The zero-order chi connectivity index (χ0) is 0. The zero-order valence-electron chi connectivity index (χ0n) is 11.9. The summed E-state index contributed by atoms with van der Waals surface area (Å²) in [6.07, 6.45) is 0. The number of hydrogen-bond donors (Lipinski definition) is 0. The van der Waals surface area contributed by atoms with Gasteiger partial charge < -0.3 is 4.28 Å². The van der Waals surface area contributed by atoms with Crippen LogP contribution in [0.3, 0.4) is 0 Å². The largest absolute Gasteiger partial charge is 0 e. The molecule has 0 nitrogen and oxygen atoms in total. The van der Waals surface area contributed by atoms with Crippen LogP contribution in [-0.4, -0.2) is 99.5 Å². The molecule has 0 atom stereocenters. The van der Waals surface area contributed by atoms with E-state index in [4.69, 9.17) is 0 Å². The van der Waals surface area contributed by atoms with Crippen molar-refractivity contribution in [1.29, 1.82) is 0 Å². The van der Waals surface area contributed by atoms with Crippen LogP contribution in [0.25, 0.3) is 0 Å². The van der Waals surface area contributed by atoms with Gasteiger partial charge >= 0.3 is 101 Å². The van der Waals surface area contributed by atoms with E-state index in [2.05, 4.69) is 0 Å². The number of rotatable bonds is 0. The topological polar surface area (TPSA) is 0 Å². The Morgan fingerprint density at radius 3 is 1.05 bits per heavy atom. The van der Waals surface area contributed by atoms with Crippen LogP contribution in [0.1, 0.15) is 4.28 Å². The summed E-state index contributed by atoms with van der Waals surface area (Å²) in [4.78, 5) is 0. The first kappa shape index (κ1) is 230. The van der Waals surface area contributed by atoms with E-state index in [1.54, 1.807) is 0 Å². The molecule has 9 radical (unpaired) electrons. The second-order valence-corrected chi connectivity index (χ2v) is 0. The molecule has 0 N–H and O–H groups in total. The molecule has 0 spiro atoms. The van der Waals surface area contributed by atoms with Crippen molar-refractivity contribution in [2.75, 3.05) is 0 Å². The summed E-state index contributed by atoms with van der Waals surface area (Å²) in [6, 6.07) is 0. The van der Waals surface area contributed by atoms with E-state index in [0.717, 1.165) is 0 Å². The maximum atomic E-state index is 0. The van der Waals surface area contributed by atoms with Gasteiger partial charge in [-0.15, -0.1) is 0 Å². The minimum Gasteiger partial charge on any atom is 0 e. The average Bonchev–Trinajstić information content (AvgIpc) is 0. The van der Waals surface area contributed by atoms with Crippen LogP contribution in [0.2, 0.25) is 0 Å². The summed E-state index contributed by atoms with van der Waals surface area (Å²) in [5.74, 6) is 0. The Labute approximate surface area is 422 Å². The summed E-state index contributed by atoms with van der Waals surface area (Å²) < 4.78 is 0. The van der Waals surface area contributed by atoms with Crippen molar-refractivity contribution < 1.29 is 334 Å². The van der Waals surface area contributed by atoms with Crippen LogP contribution in [0.4, 0.5) is 0 Å². The third-order valence-corrected chi connectivity index (χ3v) is 0. The van der Waals surface area contributed by atoms with Crippen molar-refractivity contribution in [2.45, 2.75) is 0 Å². The summed E-state index contributed by atoms with van der Waals surface area (Å²) in [7, 11) is 0. The Bertz CT molecular complexity index is 111. The SMILES string of the molecule is [Ag].[AlH3].[Au].[Be+2].[Co].[Cr].[Cu].[Fe].[H-].[H-].[H-].[Ir].[Li+].[Mo].[Ni].[Os].[Pd].[Pt].[Rh].[SbH3].[SnH4].[TeH+].[Ti].[V].[Zn]. The van der Waals surface area contributed by atoms with Gasteiger partial charge in [0.15, 0.2) is 17.4 Å². The summed E-state index contributed by atoms with van der Waals surface area (Å²) in [5.41, 5.74) is 0. The van der Waals surface area contributed by atoms with Gasteiger partial charge in [0, 0.05) is 311 Å². The van der Waals surface area contributed by atoms with Crippen LogP contribution in [0.15, 0.2) is 0 Å². The van der Waals surface area contributed by atoms with Crippen molar-refractivity contribution in [3.63, 3.8) is 0 Å². The molecule has 22 heteroatoms. The minimum atomic E-state index is 0. The molecule has 0 heterocycles. The molecule has 0 fully saturated rings. The second kappa shape index (κ2) is 211. The van der Waals surface area contributed by atoms with E-state index in [-0.39, 0.29) is 434 Å². The third kappa shape index (κ3) is 193. The van der Waals surface area contributed by atoms with Crippen LogP contribution in [0, 0.1) is 0 Å². The molecule has 22 heavy (non-hydrogen) atoms. The fraction of sp³-hybridized carbons (Fsp3) is 0. The molecule has 0 aromatic carbocycles. The van der Waals surface area contributed by atoms with Crippen molar-refractivity contribution in [1.82, 2.24) is 0 Å². The van der Waals surface area contributed by atoms with Gasteiger partial charge in [-0.2, -0.15) is 0 Å². The molecular weight excluding hydrogens is 2050 g/mol. The first-order valence-electron chi connectivity index (χ1n) is 0. The molecule has 0 aromatic heterocycles. The van der Waals surface area contributed by atoms with E-state index in [1.807, 2.05) is 0 Å². The van der Waals surface area contributed by atoms with E-state index in [0.29, 0.717) is 0 Å². The Morgan fingerprint density at radius 1 is 1.05 bits per heavy atom. The van der Waals surface area contributed by atoms with Crippen LogP contribution >= 0.6 is 0 Å². The van der Waals surface area contributed by atoms with Crippen LogP contribution in [0.5, 0.6) is 0 Å².